The normalized spacial score (nSPS) is 13.2. The van der Waals surface area contributed by atoms with Gasteiger partial charge in [-0.05, 0) is 48.1 Å². The number of unbranched alkanes of at least 4 members (excludes halogenated alkanes) is 1. The third kappa shape index (κ3) is 5.17. The predicted octanol–water partition coefficient (Wildman–Crippen LogP) is 5.18. The summed E-state index contributed by atoms with van der Waals surface area (Å²) in [6.45, 7) is 4.62. The molecule has 0 aromatic heterocycles. The number of nitrogens with one attached hydrogen (secondary N) is 1. The topological polar surface area (TPSA) is 69.7 Å². The molecule has 182 valence electrons. The summed E-state index contributed by atoms with van der Waals surface area (Å²) in [6.07, 6.45) is 2.30. The molecule has 35 heavy (non-hydrogen) atoms. The van der Waals surface area contributed by atoms with Crippen molar-refractivity contribution in [3.05, 3.63) is 76.8 Å². The zero-order chi connectivity index (χ0) is 24.9. The number of carbonyl (C=O) groups excluding carboxylic acids is 3. The van der Waals surface area contributed by atoms with E-state index >= 15 is 0 Å². The summed E-state index contributed by atoms with van der Waals surface area (Å²) < 4.78 is 0. The van der Waals surface area contributed by atoms with Crippen LogP contribution in [0.1, 0.15) is 49.0 Å². The van der Waals surface area contributed by atoms with Crippen LogP contribution in [0.4, 0.5) is 5.69 Å². The summed E-state index contributed by atoms with van der Waals surface area (Å²) in [5, 5.41) is 5.39. The summed E-state index contributed by atoms with van der Waals surface area (Å²) >= 11 is 6.05. The monoisotopic (exact) mass is 491 g/mol. The van der Waals surface area contributed by atoms with E-state index in [0.717, 1.165) is 34.9 Å². The molecule has 3 amide bonds. The van der Waals surface area contributed by atoms with Crippen molar-refractivity contribution in [2.45, 2.75) is 45.7 Å². The van der Waals surface area contributed by atoms with E-state index in [1.807, 2.05) is 49.4 Å². The summed E-state index contributed by atoms with van der Waals surface area (Å²) in [5.41, 5.74) is 2.18. The number of rotatable bonds is 10. The fourth-order valence-electron chi connectivity index (χ4n) is 4.57. The summed E-state index contributed by atoms with van der Waals surface area (Å²) in [5.74, 6) is -0.658. The SMILES string of the molecule is CCCCNC(=O)[C@H](CC)N(Cc1ccc(Cl)cc1)C(=O)CN1C(=O)c2cccc3cccc1c23. The molecule has 0 aliphatic carbocycles. The molecular weight excluding hydrogens is 462 g/mol. The smallest absolute Gasteiger partial charge is 0.259 e. The first-order chi connectivity index (χ1) is 16.9. The van der Waals surface area contributed by atoms with Gasteiger partial charge in [-0.1, -0.05) is 68.3 Å². The Morgan fingerprint density at radius 2 is 1.74 bits per heavy atom. The van der Waals surface area contributed by atoms with E-state index in [2.05, 4.69) is 12.2 Å². The molecule has 1 aliphatic heterocycles. The first kappa shape index (κ1) is 24.7. The Balaban J connectivity index is 1.62. The third-order valence-electron chi connectivity index (χ3n) is 6.42. The van der Waals surface area contributed by atoms with Crippen molar-refractivity contribution in [2.75, 3.05) is 18.0 Å². The molecule has 0 bridgehead atoms. The summed E-state index contributed by atoms with van der Waals surface area (Å²) in [7, 11) is 0. The van der Waals surface area contributed by atoms with Crippen LogP contribution in [0.3, 0.4) is 0 Å². The Hall–Kier alpha value is -3.38. The van der Waals surface area contributed by atoms with Gasteiger partial charge in [-0.25, -0.2) is 0 Å². The molecule has 0 saturated carbocycles. The Morgan fingerprint density at radius 3 is 2.43 bits per heavy atom. The molecule has 1 heterocycles. The quantitative estimate of drug-likeness (QED) is 0.397. The Labute approximate surface area is 210 Å². The molecule has 0 unspecified atom stereocenters. The predicted molar refractivity (Wildman–Crippen MR) is 140 cm³/mol. The Morgan fingerprint density at radius 1 is 1.03 bits per heavy atom. The standard InChI is InChI=1S/C28H30ClN3O3/c1-3-5-16-30-27(34)23(4-2)31(17-19-12-14-21(29)15-13-19)25(33)18-32-24-11-7-9-20-8-6-10-22(26(20)24)28(32)35/h6-15,23H,3-5,16-18H2,1-2H3,(H,30,34)/t23-/m0/s1. The maximum Gasteiger partial charge on any atom is 0.259 e. The lowest BCUT2D eigenvalue weighted by Crippen LogP contribution is -2.52. The number of carbonyl (C=O) groups is 3. The van der Waals surface area contributed by atoms with E-state index in [9.17, 15) is 14.4 Å². The number of nitrogens with zero attached hydrogens (tertiary/aromatic N) is 2. The number of benzene rings is 3. The first-order valence-corrected chi connectivity index (χ1v) is 12.5. The maximum absolute atomic E-state index is 13.7. The fourth-order valence-corrected chi connectivity index (χ4v) is 4.70. The number of hydrogen-bond acceptors (Lipinski definition) is 3. The zero-order valence-electron chi connectivity index (χ0n) is 20.1. The molecule has 3 aromatic rings. The number of halogens is 1. The lowest BCUT2D eigenvalue weighted by Gasteiger charge is -2.32. The fraction of sp³-hybridized carbons (Fsp3) is 0.321. The van der Waals surface area contributed by atoms with Crippen LogP contribution in [0.15, 0.2) is 60.7 Å². The minimum Gasteiger partial charge on any atom is -0.354 e. The molecule has 4 rings (SSSR count). The highest BCUT2D eigenvalue weighted by Gasteiger charge is 2.35. The van der Waals surface area contributed by atoms with Crippen molar-refractivity contribution in [3.8, 4) is 0 Å². The molecule has 0 saturated heterocycles. The van der Waals surface area contributed by atoms with Crippen molar-refractivity contribution in [2.24, 2.45) is 0 Å². The molecule has 6 nitrogen and oxygen atoms in total. The van der Waals surface area contributed by atoms with Gasteiger partial charge in [0.05, 0.1) is 5.69 Å². The number of hydrogen-bond donors (Lipinski definition) is 1. The second-order valence-corrected chi connectivity index (χ2v) is 9.23. The van der Waals surface area contributed by atoms with Crippen LogP contribution in [-0.2, 0) is 16.1 Å². The largest absolute Gasteiger partial charge is 0.354 e. The zero-order valence-corrected chi connectivity index (χ0v) is 20.8. The van der Waals surface area contributed by atoms with Gasteiger partial charge in [0.25, 0.3) is 5.91 Å². The minimum atomic E-state index is -0.647. The average Bonchev–Trinajstić information content (AvgIpc) is 3.13. The van der Waals surface area contributed by atoms with Crippen LogP contribution >= 0.6 is 11.6 Å². The van der Waals surface area contributed by atoms with E-state index in [0.29, 0.717) is 23.6 Å². The van der Waals surface area contributed by atoms with Crippen LogP contribution < -0.4 is 10.2 Å². The van der Waals surface area contributed by atoms with Crippen molar-refractivity contribution in [1.29, 1.82) is 0 Å². The van der Waals surface area contributed by atoms with E-state index in [-0.39, 0.29) is 30.8 Å². The van der Waals surface area contributed by atoms with Gasteiger partial charge in [0, 0.05) is 29.1 Å². The molecule has 0 fully saturated rings. The van der Waals surface area contributed by atoms with Crippen LogP contribution in [-0.4, -0.2) is 41.8 Å². The van der Waals surface area contributed by atoms with Crippen molar-refractivity contribution in [3.63, 3.8) is 0 Å². The maximum atomic E-state index is 13.7. The second kappa shape index (κ2) is 10.9. The summed E-state index contributed by atoms with van der Waals surface area (Å²) in [6, 6.07) is 17.9. The van der Waals surface area contributed by atoms with Gasteiger partial charge in [0.1, 0.15) is 12.6 Å². The lowest BCUT2D eigenvalue weighted by molar-refractivity contribution is -0.140. The number of anilines is 1. The van der Waals surface area contributed by atoms with Crippen molar-refractivity contribution in [1.82, 2.24) is 10.2 Å². The van der Waals surface area contributed by atoms with Crippen LogP contribution in [0.25, 0.3) is 10.8 Å². The average molecular weight is 492 g/mol. The molecule has 7 heteroatoms. The van der Waals surface area contributed by atoms with Gasteiger partial charge < -0.3 is 10.2 Å². The van der Waals surface area contributed by atoms with Crippen LogP contribution in [0, 0.1) is 0 Å². The second-order valence-electron chi connectivity index (χ2n) is 8.79. The van der Waals surface area contributed by atoms with Gasteiger partial charge in [0.2, 0.25) is 11.8 Å². The molecule has 1 N–H and O–H groups in total. The van der Waals surface area contributed by atoms with Gasteiger partial charge >= 0.3 is 0 Å². The molecule has 0 spiro atoms. The summed E-state index contributed by atoms with van der Waals surface area (Å²) in [4.78, 5) is 43.2. The Bertz CT molecular complexity index is 1240. The lowest BCUT2D eigenvalue weighted by atomic mass is 10.1. The van der Waals surface area contributed by atoms with E-state index in [1.165, 1.54) is 4.90 Å². The molecular formula is C28H30ClN3O3. The molecule has 0 radical (unpaired) electrons. The minimum absolute atomic E-state index is 0.140. The highest BCUT2D eigenvalue weighted by molar-refractivity contribution is 6.30. The third-order valence-corrected chi connectivity index (χ3v) is 6.68. The molecule has 1 atom stereocenters. The highest BCUT2D eigenvalue weighted by atomic mass is 35.5. The van der Waals surface area contributed by atoms with Crippen molar-refractivity contribution >= 4 is 45.8 Å². The highest BCUT2D eigenvalue weighted by Crippen LogP contribution is 2.37. The van der Waals surface area contributed by atoms with Gasteiger partial charge in [-0.3, -0.25) is 19.3 Å². The van der Waals surface area contributed by atoms with Gasteiger partial charge in [0.15, 0.2) is 0 Å². The number of amides is 3. The van der Waals surface area contributed by atoms with Crippen molar-refractivity contribution < 1.29 is 14.4 Å². The van der Waals surface area contributed by atoms with Gasteiger partial charge in [-0.15, -0.1) is 0 Å². The van der Waals surface area contributed by atoms with Crippen LogP contribution in [0.5, 0.6) is 0 Å². The van der Waals surface area contributed by atoms with E-state index in [4.69, 9.17) is 11.6 Å². The molecule has 3 aromatic carbocycles. The van der Waals surface area contributed by atoms with E-state index < -0.39 is 6.04 Å². The Kier molecular flexibility index (Phi) is 7.71. The van der Waals surface area contributed by atoms with Gasteiger partial charge in [-0.2, -0.15) is 0 Å². The van der Waals surface area contributed by atoms with Crippen LogP contribution in [0.2, 0.25) is 5.02 Å². The van der Waals surface area contributed by atoms with E-state index in [1.54, 1.807) is 23.1 Å². The molecule has 1 aliphatic rings. The first-order valence-electron chi connectivity index (χ1n) is 12.1.